The molecule has 0 aliphatic rings. The lowest BCUT2D eigenvalue weighted by Crippen LogP contribution is -1.98. The Morgan fingerprint density at radius 3 is 2.58 bits per heavy atom. The van der Waals surface area contributed by atoms with E-state index in [1.165, 1.54) is 23.1 Å². The van der Waals surface area contributed by atoms with Gasteiger partial charge in [-0.1, -0.05) is 31.5 Å². The maximum Gasteiger partial charge on any atom is 0.129 e. The Morgan fingerprint density at radius 2 is 1.95 bits per heavy atom. The van der Waals surface area contributed by atoms with E-state index in [-0.39, 0.29) is 0 Å². The minimum absolute atomic E-state index is 0.759. The van der Waals surface area contributed by atoms with Gasteiger partial charge in [0.05, 0.1) is 5.69 Å². The Labute approximate surface area is 115 Å². The molecule has 0 unspecified atom stereocenters. The van der Waals surface area contributed by atoms with Gasteiger partial charge in [0.15, 0.2) is 0 Å². The third-order valence-corrected chi connectivity index (χ3v) is 3.73. The number of aryl methyl sites for hydroxylation is 4. The summed E-state index contributed by atoms with van der Waals surface area (Å²) < 4.78 is 1.79. The molecule has 0 bridgehead atoms. The van der Waals surface area contributed by atoms with Crippen LogP contribution in [0.2, 0.25) is 0 Å². The van der Waals surface area contributed by atoms with Gasteiger partial charge < -0.3 is 5.73 Å². The molecule has 19 heavy (non-hydrogen) atoms. The Bertz CT molecular complexity index is 582. The van der Waals surface area contributed by atoms with Crippen LogP contribution in [-0.2, 0) is 13.5 Å². The lowest BCUT2D eigenvalue weighted by Gasteiger charge is -2.07. The molecule has 0 radical (unpaired) electrons. The van der Waals surface area contributed by atoms with Crippen molar-refractivity contribution in [3.05, 3.63) is 35.0 Å². The van der Waals surface area contributed by atoms with Gasteiger partial charge in [0.25, 0.3) is 0 Å². The average molecular weight is 257 g/mol. The van der Waals surface area contributed by atoms with Crippen molar-refractivity contribution >= 4 is 5.82 Å². The summed E-state index contributed by atoms with van der Waals surface area (Å²) >= 11 is 0. The second kappa shape index (κ2) is 5.47. The van der Waals surface area contributed by atoms with Crippen LogP contribution in [0.5, 0.6) is 0 Å². The number of unbranched alkanes of at least 4 members (excludes halogenated alkanes) is 1. The van der Waals surface area contributed by atoms with E-state index in [0.717, 1.165) is 29.9 Å². The lowest BCUT2D eigenvalue weighted by molar-refractivity contribution is 0.718. The van der Waals surface area contributed by atoms with Crippen LogP contribution in [0, 0.1) is 13.8 Å². The van der Waals surface area contributed by atoms with E-state index in [1.54, 1.807) is 4.68 Å². The molecule has 3 heteroatoms. The molecule has 2 rings (SSSR count). The van der Waals surface area contributed by atoms with Gasteiger partial charge in [0.2, 0.25) is 0 Å². The summed E-state index contributed by atoms with van der Waals surface area (Å²) in [4.78, 5) is 0. The highest BCUT2D eigenvalue weighted by Gasteiger charge is 2.15. The highest BCUT2D eigenvalue weighted by atomic mass is 15.3. The van der Waals surface area contributed by atoms with Crippen molar-refractivity contribution in [3.63, 3.8) is 0 Å². The predicted octanol–water partition coefficient (Wildman–Crippen LogP) is 3.63. The highest BCUT2D eigenvalue weighted by Crippen LogP contribution is 2.31. The molecule has 0 spiro atoms. The Morgan fingerprint density at radius 1 is 1.21 bits per heavy atom. The van der Waals surface area contributed by atoms with Crippen molar-refractivity contribution in [1.29, 1.82) is 0 Å². The summed E-state index contributed by atoms with van der Waals surface area (Å²) in [5, 5.41) is 4.57. The molecule has 102 valence electrons. The maximum atomic E-state index is 6.20. The molecule has 1 heterocycles. The fourth-order valence-electron chi connectivity index (χ4n) is 2.33. The second-order valence-electron chi connectivity index (χ2n) is 5.23. The Hall–Kier alpha value is -1.77. The van der Waals surface area contributed by atoms with Crippen molar-refractivity contribution in [2.45, 2.75) is 40.0 Å². The van der Waals surface area contributed by atoms with Crippen LogP contribution in [-0.4, -0.2) is 9.78 Å². The summed E-state index contributed by atoms with van der Waals surface area (Å²) in [6, 6.07) is 6.50. The summed E-state index contributed by atoms with van der Waals surface area (Å²) in [6.45, 7) is 6.46. The molecule has 2 aromatic rings. The summed E-state index contributed by atoms with van der Waals surface area (Å²) in [5.41, 5.74) is 12.2. The summed E-state index contributed by atoms with van der Waals surface area (Å²) in [7, 11) is 1.91. The first-order valence-electron chi connectivity index (χ1n) is 6.93. The number of anilines is 1. The SMILES string of the molecule is CCCCc1nn(C)c(N)c1-c1ccc(C)c(C)c1. The van der Waals surface area contributed by atoms with Crippen LogP contribution in [0.25, 0.3) is 11.1 Å². The van der Waals surface area contributed by atoms with E-state index in [0.29, 0.717) is 0 Å². The maximum absolute atomic E-state index is 6.20. The lowest BCUT2D eigenvalue weighted by atomic mass is 9.98. The zero-order valence-corrected chi connectivity index (χ0v) is 12.3. The van der Waals surface area contributed by atoms with Gasteiger partial charge in [0, 0.05) is 12.6 Å². The van der Waals surface area contributed by atoms with E-state index in [4.69, 9.17) is 5.73 Å². The Balaban J connectivity index is 2.50. The average Bonchev–Trinajstić information content (AvgIpc) is 2.66. The largest absolute Gasteiger partial charge is 0.383 e. The number of benzene rings is 1. The number of nitrogen functional groups attached to an aromatic ring is 1. The van der Waals surface area contributed by atoms with Crippen molar-refractivity contribution in [3.8, 4) is 11.1 Å². The number of hydrogen-bond donors (Lipinski definition) is 1. The van der Waals surface area contributed by atoms with E-state index < -0.39 is 0 Å². The molecule has 0 saturated carbocycles. The zero-order valence-electron chi connectivity index (χ0n) is 12.3. The summed E-state index contributed by atoms with van der Waals surface area (Å²) in [6.07, 6.45) is 3.31. The van der Waals surface area contributed by atoms with Crippen molar-refractivity contribution < 1.29 is 0 Å². The molecular weight excluding hydrogens is 234 g/mol. The fourth-order valence-corrected chi connectivity index (χ4v) is 2.33. The number of rotatable bonds is 4. The molecule has 0 aliphatic heterocycles. The van der Waals surface area contributed by atoms with Crippen LogP contribution >= 0.6 is 0 Å². The standard InChI is InChI=1S/C16H23N3/c1-5-6-7-14-15(16(17)19(4)18-14)13-9-8-11(2)12(3)10-13/h8-10H,5-7,17H2,1-4H3. The minimum atomic E-state index is 0.759. The van der Waals surface area contributed by atoms with Crippen LogP contribution in [0.1, 0.15) is 36.6 Å². The van der Waals surface area contributed by atoms with Crippen molar-refractivity contribution in [2.75, 3.05) is 5.73 Å². The molecule has 0 amide bonds. The normalized spacial score (nSPS) is 10.9. The molecule has 0 atom stereocenters. The van der Waals surface area contributed by atoms with E-state index >= 15 is 0 Å². The molecule has 2 N–H and O–H groups in total. The van der Waals surface area contributed by atoms with Gasteiger partial charge in [-0.05, 0) is 43.4 Å². The summed E-state index contributed by atoms with van der Waals surface area (Å²) in [5.74, 6) is 0.759. The minimum Gasteiger partial charge on any atom is -0.383 e. The van der Waals surface area contributed by atoms with Gasteiger partial charge in [-0.15, -0.1) is 0 Å². The third kappa shape index (κ3) is 2.65. The molecule has 1 aromatic carbocycles. The second-order valence-corrected chi connectivity index (χ2v) is 5.23. The van der Waals surface area contributed by atoms with E-state index in [2.05, 4.69) is 44.1 Å². The van der Waals surface area contributed by atoms with Crippen molar-refractivity contribution in [1.82, 2.24) is 9.78 Å². The fraction of sp³-hybridized carbons (Fsp3) is 0.438. The highest BCUT2D eigenvalue weighted by molar-refractivity contribution is 5.77. The van der Waals surface area contributed by atoms with Gasteiger partial charge in [-0.3, -0.25) is 4.68 Å². The van der Waals surface area contributed by atoms with E-state index in [9.17, 15) is 0 Å². The molecule has 0 fully saturated rings. The topological polar surface area (TPSA) is 43.8 Å². The van der Waals surface area contributed by atoms with Gasteiger partial charge >= 0.3 is 0 Å². The predicted molar refractivity (Wildman–Crippen MR) is 81.1 cm³/mol. The number of hydrogen-bond acceptors (Lipinski definition) is 2. The van der Waals surface area contributed by atoms with Gasteiger partial charge in [-0.2, -0.15) is 5.10 Å². The quantitative estimate of drug-likeness (QED) is 0.909. The van der Waals surface area contributed by atoms with Crippen LogP contribution in [0.3, 0.4) is 0 Å². The Kier molecular flexibility index (Phi) is 3.93. The zero-order chi connectivity index (χ0) is 14.0. The number of aromatic nitrogens is 2. The van der Waals surface area contributed by atoms with E-state index in [1.807, 2.05) is 7.05 Å². The van der Waals surface area contributed by atoms with Crippen molar-refractivity contribution in [2.24, 2.45) is 7.05 Å². The third-order valence-electron chi connectivity index (χ3n) is 3.73. The van der Waals surface area contributed by atoms with Crippen LogP contribution in [0.15, 0.2) is 18.2 Å². The molecule has 0 saturated heterocycles. The number of nitrogens with two attached hydrogens (primary N) is 1. The molecule has 0 aliphatic carbocycles. The van der Waals surface area contributed by atoms with Crippen LogP contribution in [0.4, 0.5) is 5.82 Å². The first-order valence-corrected chi connectivity index (χ1v) is 6.93. The molecule has 1 aromatic heterocycles. The first kappa shape index (κ1) is 13.7. The van der Waals surface area contributed by atoms with Gasteiger partial charge in [-0.25, -0.2) is 0 Å². The van der Waals surface area contributed by atoms with Crippen LogP contribution < -0.4 is 5.73 Å². The van der Waals surface area contributed by atoms with Gasteiger partial charge in [0.1, 0.15) is 5.82 Å². The molecular formula is C16H23N3. The number of nitrogens with zero attached hydrogens (tertiary/aromatic N) is 2. The first-order chi connectivity index (χ1) is 9.04. The monoisotopic (exact) mass is 257 g/mol. The smallest absolute Gasteiger partial charge is 0.129 e. The molecule has 3 nitrogen and oxygen atoms in total.